The molecule has 0 radical (unpaired) electrons. The van der Waals surface area contributed by atoms with Crippen molar-refractivity contribution in [3.05, 3.63) is 17.7 Å². The Morgan fingerprint density at radius 1 is 1.30 bits per heavy atom. The van der Waals surface area contributed by atoms with Crippen molar-refractivity contribution in [3.8, 4) is 0 Å². The average molecular weight is 314 g/mol. The number of rotatable bonds is 3. The Morgan fingerprint density at radius 3 is 2.91 bits per heavy atom. The van der Waals surface area contributed by atoms with Gasteiger partial charge in [-0.1, -0.05) is 0 Å². The molecule has 122 valence electrons. The molecular formula is C17H22N4O2. The number of carbonyl (C=O) groups is 1. The molecule has 1 aliphatic heterocycles. The van der Waals surface area contributed by atoms with E-state index in [2.05, 4.69) is 20.2 Å². The van der Waals surface area contributed by atoms with Crippen molar-refractivity contribution in [1.82, 2.24) is 15.3 Å². The second-order valence-electron chi connectivity index (χ2n) is 6.73. The highest BCUT2D eigenvalue weighted by molar-refractivity contribution is 5.90. The van der Waals surface area contributed by atoms with Crippen LogP contribution in [0, 0.1) is 19.8 Å². The summed E-state index contributed by atoms with van der Waals surface area (Å²) in [4.78, 5) is 23.3. The van der Waals surface area contributed by atoms with Crippen LogP contribution in [0.3, 0.4) is 0 Å². The van der Waals surface area contributed by atoms with Crippen LogP contribution in [0.2, 0.25) is 0 Å². The zero-order valence-corrected chi connectivity index (χ0v) is 13.6. The Bertz CT molecular complexity index is 750. The van der Waals surface area contributed by atoms with Gasteiger partial charge < -0.3 is 14.6 Å². The molecule has 6 nitrogen and oxygen atoms in total. The Balaban J connectivity index is 1.61. The first-order chi connectivity index (χ1) is 11.1. The molecule has 0 aromatic carbocycles. The maximum absolute atomic E-state index is 12.4. The van der Waals surface area contributed by atoms with E-state index in [0.29, 0.717) is 18.3 Å². The lowest BCUT2D eigenvalue weighted by atomic mass is 9.96. The first-order valence-corrected chi connectivity index (χ1v) is 8.39. The van der Waals surface area contributed by atoms with Crippen LogP contribution in [0.5, 0.6) is 0 Å². The number of anilines is 1. The largest absolute Gasteiger partial charge is 0.443 e. The first-order valence-electron chi connectivity index (χ1n) is 8.39. The number of nitrogens with zero attached hydrogens (tertiary/aromatic N) is 3. The molecule has 1 amide bonds. The number of amides is 1. The van der Waals surface area contributed by atoms with Gasteiger partial charge in [-0.3, -0.25) is 4.79 Å². The molecule has 4 rings (SSSR count). The molecule has 0 unspecified atom stereocenters. The zero-order valence-electron chi connectivity index (χ0n) is 13.6. The summed E-state index contributed by atoms with van der Waals surface area (Å²) >= 11 is 0. The van der Waals surface area contributed by atoms with Gasteiger partial charge in [0.25, 0.3) is 0 Å². The number of aryl methyl sites for hydroxylation is 2. The standard InChI is InChI=1S/C17H22N4O2/c1-10-11(2)23-17-14(10)15(18-9-19-17)21-7-3-4-12(8-21)16(22)20-13-5-6-13/h9,12-13H,3-8H2,1-2H3,(H,20,22)/t12-/m1/s1. The second kappa shape index (κ2) is 5.51. The van der Waals surface area contributed by atoms with E-state index in [-0.39, 0.29) is 11.8 Å². The van der Waals surface area contributed by atoms with E-state index >= 15 is 0 Å². The topological polar surface area (TPSA) is 71.3 Å². The fourth-order valence-corrected chi connectivity index (χ4v) is 3.33. The van der Waals surface area contributed by atoms with Crippen molar-refractivity contribution in [2.45, 2.75) is 45.6 Å². The maximum Gasteiger partial charge on any atom is 0.231 e. The molecule has 3 heterocycles. The minimum Gasteiger partial charge on any atom is -0.443 e. The van der Waals surface area contributed by atoms with Gasteiger partial charge in [0.15, 0.2) is 0 Å². The van der Waals surface area contributed by atoms with Gasteiger partial charge in [-0.25, -0.2) is 9.97 Å². The molecule has 6 heteroatoms. The Morgan fingerprint density at radius 2 is 2.13 bits per heavy atom. The molecule has 0 bridgehead atoms. The number of carbonyl (C=O) groups excluding carboxylic acids is 1. The van der Waals surface area contributed by atoms with E-state index in [1.54, 1.807) is 6.33 Å². The molecule has 2 aliphatic rings. The lowest BCUT2D eigenvalue weighted by Gasteiger charge is -2.33. The molecule has 1 N–H and O–H groups in total. The van der Waals surface area contributed by atoms with Gasteiger partial charge >= 0.3 is 0 Å². The van der Waals surface area contributed by atoms with Gasteiger partial charge in [-0.05, 0) is 39.5 Å². The maximum atomic E-state index is 12.4. The van der Waals surface area contributed by atoms with Gasteiger partial charge in [0.2, 0.25) is 11.6 Å². The fraction of sp³-hybridized carbons (Fsp3) is 0.588. The van der Waals surface area contributed by atoms with Crippen LogP contribution in [0.4, 0.5) is 5.82 Å². The van der Waals surface area contributed by atoms with Gasteiger partial charge in [0.05, 0.1) is 11.3 Å². The van der Waals surface area contributed by atoms with Crippen molar-refractivity contribution < 1.29 is 9.21 Å². The first kappa shape index (κ1) is 14.5. The summed E-state index contributed by atoms with van der Waals surface area (Å²) in [6.07, 6.45) is 5.76. The third-order valence-electron chi connectivity index (χ3n) is 4.96. The number of fused-ring (bicyclic) bond motifs is 1. The summed E-state index contributed by atoms with van der Waals surface area (Å²) in [5, 5.41) is 4.11. The third kappa shape index (κ3) is 2.66. The lowest BCUT2D eigenvalue weighted by Crippen LogP contribution is -2.44. The summed E-state index contributed by atoms with van der Waals surface area (Å²) in [5.41, 5.74) is 1.72. The summed E-state index contributed by atoms with van der Waals surface area (Å²) in [7, 11) is 0. The van der Waals surface area contributed by atoms with Crippen LogP contribution in [0.25, 0.3) is 11.1 Å². The molecular weight excluding hydrogens is 292 g/mol. The molecule has 2 aromatic rings. The molecule has 2 fully saturated rings. The SMILES string of the molecule is Cc1oc2ncnc(N3CCC[C@@H](C(=O)NC4CC4)C3)c2c1C. The minimum atomic E-state index is 0.0441. The number of hydrogen-bond donors (Lipinski definition) is 1. The smallest absolute Gasteiger partial charge is 0.231 e. The van der Waals surface area contributed by atoms with Gasteiger partial charge in [-0.2, -0.15) is 0 Å². The Labute approximate surface area is 135 Å². The monoisotopic (exact) mass is 314 g/mol. The number of piperidine rings is 1. The lowest BCUT2D eigenvalue weighted by molar-refractivity contribution is -0.125. The number of hydrogen-bond acceptors (Lipinski definition) is 5. The normalized spacial score (nSPS) is 21.7. The van der Waals surface area contributed by atoms with Crippen LogP contribution in [-0.4, -0.2) is 35.0 Å². The van der Waals surface area contributed by atoms with Crippen molar-refractivity contribution in [2.24, 2.45) is 5.92 Å². The third-order valence-corrected chi connectivity index (χ3v) is 4.96. The average Bonchev–Trinajstić information content (AvgIpc) is 3.33. The van der Waals surface area contributed by atoms with E-state index < -0.39 is 0 Å². The molecule has 1 aliphatic carbocycles. The molecule has 2 aromatic heterocycles. The Kier molecular flexibility index (Phi) is 3.47. The highest BCUT2D eigenvalue weighted by Gasteiger charge is 2.31. The minimum absolute atomic E-state index is 0.0441. The van der Waals surface area contributed by atoms with Crippen molar-refractivity contribution in [3.63, 3.8) is 0 Å². The van der Waals surface area contributed by atoms with Crippen LogP contribution in [0.15, 0.2) is 10.7 Å². The van der Waals surface area contributed by atoms with Gasteiger partial charge in [-0.15, -0.1) is 0 Å². The quantitative estimate of drug-likeness (QED) is 0.941. The van der Waals surface area contributed by atoms with Crippen molar-refractivity contribution >= 4 is 22.8 Å². The van der Waals surface area contributed by atoms with Gasteiger partial charge in [0, 0.05) is 24.7 Å². The second-order valence-corrected chi connectivity index (χ2v) is 6.73. The van der Waals surface area contributed by atoms with Crippen molar-refractivity contribution in [1.29, 1.82) is 0 Å². The van der Waals surface area contributed by atoms with Crippen LogP contribution >= 0.6 is 0 Å². The van der Waals surface area contributed by atoms with Crippen LogP contribution in [-0.2, 0) is 4.79 Å². The molecule has 1 atom stereocenters. The molecule has 23 heavy (non-hydrogen) atoms. The molecule has 1 saturated heterocycles. The summed E-state index contributed by atoms with van der Waals surface area (Å²) in [6, 6.07) is 0.419. The number of furan rings is 1. The van der Waals surface area contributed by atoms with E-state index in [9.17, 15) is 4.79 Å². The fourth-order valence-electron chi connectivity index (χ4n) is 3.33. The van der Waals surface area contributed by atoms with Crippen molar-refractivity contribution in [2.75, 3.05) is 18.0 Å². The summed E-state index contributed by atoms with van der Waals surface area (Å²) < 4.78 is 5.71. The Hall–Kier alpha value is -2.11. The zero-order chi connectivity index (χ0) is 16.0. The molecule has 0 spiro atoms. The van der Waals surface area contributed by atoms with Crippen LogP contribution in [0.1, 0.15) is 37.0 Å². The van der Waals surface area contributed by atoms with Gasteiger partial charge in [0.1, 0.15) is 17.9 Å². The summed E-state index contributed by atoms with van der Waals surface area (Å²) in [6.45, 7) is 5.62. The highest BCUT2D eigenvalue weighted by atomic mass is 16.3. The van der Waals surface area contributed by atoms with E-state index in [1.807, 2.05) is 13.8 Å². The predicted octanol–water partition coefficient (Wildman–Crippen LogP) is 2.33. The molecule has 1 saturated carbocycles. The van der Waals surface area contributed by atoms with E-state index in [4.69, 9.17) is 4.42 Å². The predicted molar refractivity (Wildman–Crippen MR) is 87.4 cm³/mol. The highest BCUT2D eigenvalue weighted by Crippen LogP contribution is 2.32. The number of aromatic nitrogens is 2. The van der Waals surface area contributed by atoms with E-state index in [0.717, 1.165) is 54.8 Å². The number of nitrogens with one attached hydrogen (secondary N) is 1. The van der Waals surface area contributed by atoms with Crippen LogP contribution < -0.4 is 10.2 Å². The van der Waals surface area contributed by atoms with E-state index in [1.165, 1.54) is 0 Å². The summed E-state index contributed by atoms with van der Waals surface area (Å²) in [5.74, 6) is 2.01.